The highest BCUT2D eigenvalue weighted by Gasteiger charge is 2.12. The lowest BCUT2D eigenvalue weighted by molar-refractivity contribution is -0.137. The minimum Gasteiger partial charge on any atom is -0.426 e. The van der Waals surface area contributed by atoms with Gasteiger partial charge in [-0.25, -0.2) is 0 Å². The average molecular weight is 352 g/mol. The number of halogens is 2. The number of anilines is 1. The van der Waals surface area contributed by atoms with Gasteiger partial charge >= 0.3 is 5.97 Å². The van der Waals surface area contributed by atoms with Crippen molar-refractivity contribution >= 4 is 40.8 Å². The predicted octanol–water partition coefficient (Wildman–Crippen LogP) is 4.81. The van der Waals surface area contributed by atoms with E-state index in [1.165, 1.54) is 0 Å². The third-order valence-corrected chi connectivity index (χ3v) is 3.55. The molecule has 0 fully saturated rings. The molecule has 0 bridgehead atoms. The lowest BCUT2D eigenvalue weighted by Gasteiger charge is -2.09. The van der Waals surface area contributed by atoms with E-state index in [4.69, 9.17) is 27.9 Å². The Morgan fingerprint density at radius 2 is 1.70 bits per heavy atom. The van der Waals surface area contributed by atoms with Crippen LogP contribution in [0, 0.1) is 5.92 Å². The van der Waals surface area contributed by atoms with E-state index in [9.17, 15) is 9.59 Å². The summed E-state index contributed by atoms with van der Waals surface area (Å²) < 4.78 is 5.15. The number of rotatable bonds is 4. The molecule has 0 unspecified atom stereocenters. The van der Waals surface area contributed by atoms with E-state index >= 15 is 0 Å². The Morgan fingerprint density at radius 3 is 2.30 bits per heavy atom. The highest BCUT2D eigenvalue weighted by Crippen LogP contribution is 2.26. The van der Waals surface area contributed by atoms with E-state index < -0.39 is 0 Å². The molecule has 120 valence electrons. The van der Waals surface area contributed by atoms with Crippen LogP contribution >= 0.6 is 23.2 Å². The number of ether oxygens (including phenoxy) is 1. The van der Waals surface area contributed by atoms with Crippen molar-refractivity contribution in [1.29, 1.82) is 0 Å². The first kappa shape index (κ1) is 17.3. The zero-order valence-corrected chi connectivity index (χ0v) is 14.1. The molecule has 0 saturated carbocycles. The van der Waals surface area contributed by atoms with Crippen LogP contribution in [-0.2, 0) is 4.79 Å². The number of hydrogen-bond donors (Lipinski definition) is 1. The Labute approximate surface area is 144 Å². The Kier molecular flexibility index (Phi) is 5.64. The second-order valence-electron chi connectivity index (χ2n) is 5.18. The molecular weight excluding hydrogens is 337 g/mol. The van der Waals surface area contributed by atoms with Crippen molar-refractivity contribution in [3.8, 4) is 5.75 Å². The Morgan fingerprint density at radius 1 is 1.04 bits per heavy atom. The zero-order chi connectivity index (χ0) is 17.0. The molecule has 0 aliphatic carbocycles. The molecule has 0 aliphatic rings. The summed E-state index contributed by atoms with van der Waals surface area (Å²) in [6, 6.07) is 11.1. The molecule has 6 heteroatoms. The number of benzene rings is 2. The van der Waals surface area contributed by atoms with E-state index in [-0.39, 0.29) is 17.8 Å². The molecule has 0 saturated heterocycles. The molecule has 2 aromatic rings. The van der Waals surface area contributed by atoms with Crippen LogP contribution in [0.15, 0.2) is 42.5 Å². The van der Waals surface area contributed by atoms with Crippen LogP contribution in [0.4, 0.5) is 5.69 Å². The minimum absolute atomic E-state index is 0.219. The fourth-order valence-corrected chi connectivity index (χ4v) is 2.03. The summed E-state index contributed by atoms with van der Waals surface area (Å²) in [5, 5.41) is 3.55. The number of carbonyl (C=O) groups excluding carboxylic acids is 2. The van der Waals surface area contributed by atoms with Gasteiger partial charge in [0.15, 0.2) is 0 Å². The molecule has 2 rings (SSSR count). The van der Waals surface area contributed by atoms with Crippen molar-refractivity contribution in [2.45, 2.75) is 13.8 Å². The largest absolute Gasteiger partial charge is 0.426 e. The molecule has 0 aliphatic heterocycles. The quantitative estimate of drug-likeness (QED) is 0.635. The van der Waals surface area contributed by atoms with E-state index in [1.807, 2.05) is 0 Å². The monoisotopic (exact) mass is 351 g/mol. The van der Waals surface area contributed by atoms with Gasteiger partial charge in [0.05, 0.1) is 16.6 Å². The molecule has 1 amide bonds. The topological polar surface area (TPSA) is 55.4 Å². The van der Waals surface area contributed by atoms with Gasteiger partial charge in [0.25, 0.3) is 5.91 Å². The smallest absolute Gasteiger partial charge is 0.313 e. The summed E-state index contributed by atoms with van der Waals surface area (Å²) in [5.41, 5.74) is 0.838. The lowest BCUT2D eigenvalue weighted by atomic mass is 10.2. The lowest BCUT2D eigenvalue weighted by Crippen LogP contribution is -2.15. The summed E-state index contributed by atoms with van der Waals surface area (Å²) in [7, 11) is 0. The van der Waals surface area contributed by atoms with E-state index in [0.29, 0.717) is 27.0 Å². The molecule has 0 spiro atoms. The zero-order valence-electron chi connectivity index (χ0n) is 12.6. The van der Waals surface area contributed by atoms with Crippen molar-refractivity contribution in [2.24, 2.45) is 5.92 Å². The number of nitrogens with one attached hydrogen (secondary N) is 1. The van der Waals surface area contributed by atoms with Gasteiger partial charge in [-0.3, -0.25) is 9.59 Å². The Hall–Kier alpha value is -2.04. The maximum Gasteiger partial charge on any atom is 0.313 e. The normalized spacial score (nSPS) is 10.5. The molecule has 0 heterocycles. The van der Waals surface area contributed by atoms with Crippen molar-refractivity contribution in [3.05, 3.63) is 58.1 Å². The van der Waals surface area contributed by atoms with Gasteiger partial charge in [0.1, 0.15) is 5.75 Å². The maximum atomic E-state index is 12.2. The highest BCUT2D eigenvalue weighted by molar-refractivity contribution is 6.35. The van der Waals surface area contributed by atoms with Gasteiger partial charge in [0.2, 0.25) is 0 Å². The van der Waals surface area contributed by atoms with Crippen LogP contribution in [0.1, 0.15) is 24.2 Å². The van der Waals surface area contributed by atoms with Gasteiger partial charge in [0, 0.05) is 10.6 Å². The van der Waals surface area contributed by atoms with Crippen LogP contribution in [0.5, 0.6) is 5.75 Å². The van der Waals surface area contributed by atoms with Crippen molar-refractivity contribution < 1.29 is 14.3 Å². The van der Waals surface area contributed by atoms with Crippen molar-refractivity contribution in [1.82, 2.24) is 0 Å². The average Bonchev–Trinajstić information content (AvgIpc) is 2.51. The number of amides is 1. The first-order chi connectivity index (χ1) is 10.9. The summed E-state index contributed by atoms with van der Waals surface area (Å²) in [6.45, 7) is 3.50. The van der Waals surface area contributed by atoms with Gasteiger partial charge in [-0.05, 0) is 42.5 Å². The van der Waals surface area contributed by atoms with Crippen LogP contribution in [0.2, 0.25) is 10.0 Å². The molecular formula is C17H15Cl2NO3. The number of esters is 1. The predicted molar refractivity (Wildman–Crippen MR) is 91.3 cm³/mol. The number of carbonyl (C=O) groups is 2. The summed E-state index contributed by atoms with van der Waals surface area (Å²) in [6.07, 6.45) is 0. The van der Waals surface area contributed by atoms with Crippen LogP contribution in [0.3, 0.4) is 0 Å². The summed E-state index contributed by atoms with van der Waals surface area (Å²) >= 11 is 11.9. The van der Waals surface area contributed by atoms with Gasteiger partial charge < -0.3 is 10.1 Å². The van der Waals surface area contributed by atoms with Crippen LogP contribution in [-0.4, -0.2) is 11.9 Å². The molecule has 2 aromatic carbocycles. The molecule has 4 nitrogen and oxygen atoms in total. The first-order valence-corrected chi connectivity index (χ1v) is 7.70. The molecule has 1 N–H and O–H groups in total. The van der Waals surface area contributed by atoms with Gasteiger partial charge in [-0.2, -0.15) is 0 Å². The first-order valence-electron chi connectivity index (χ1n) is 6.95. The highest BCUT2D eigenvalue weighted by atomic mass is 35.5. The van der Waals surface area contributed by atoms with E-state index in [2.05, 4.69) is 5.32 Å². The third kappa shape index (κ3) is 4.71. The fourth-order valence-electron chi connectivity index (χ4n) is 1.70. The van der Waals surface area contributed by atoms with Crippen LogP contribution < -0.4 is 10.1 Å². The maximum absolute atomic E-state index is 12.2. The number of hydrogen-bond acceptors (Lipinski definition) is 3. The molecule has 23 heavy (non-hydrogen) atoms. The van der Waals surface area contributed by atoms with E-state index in [1.54, 1.807) is 56.3 Å². The van der Waals surface area contributed by atoms with Crippen molar-refractivity contribution in [2.75, 3.05) is 5.32 Å². The van der Waals surface area contributed by atoms with Gasteiger partial charge in [-0.15, -0.1) is 0 Å². The second-order valence-corrected chi connectivity index (χ2v) is 6.02. The summed E-state index contributed by atoms with van der Waals surface area (Å²) in [4.78, 5) is 23.7. The Balaban J connectivity index is 2.08. The molecule has 0 radical (unpaired) electrons. The minimum atomic E-state index is -0.337. The Bertz CT molecular complexity index is 727. The second kappa shape index (κ2) is 7.49. The SMILES string of the molecule is CC(C)C(=O)Oc1ccc(C(=O)Nc2cc(Cl)ccc2Cl)cc1. The van der Waals surface area contributed by atoms with Crippen molar-refractivity contribution in [3.63, 3.8) is 0 Å². The standard InChI is InChI=1S/C17H15Cl2NO3/c1-10(2)17(22)23-13-6-3-11(4-7-13)16(21)20-15-9-12(18)5-8-14(15)19/h3-10H,1-2H3,(H,20,21). The molecule has 0 aromatic heterocycles. The van der Waals surface area contributed by atoms with E-state index in [0.717, 1.165) is 0 Å². The van der Waals surface area contributed by atoms with Crippen LogP contribution in [0.25, 0.3) is 0 Å². The van der Waals surface area contributed by atoms with Gasteiger partial charge in [-0.1, -0.05) is 37.0 Å². The summed E-state index contributed by atoms with van der Waals surface area (Å²) in [5.74, 6) is -0.493. The fraction of sp³-hybridized carbons (Fsp3) is 0.176. The molecule has 0 atom stereocenters. The third-order valence-electron chi connectivity index (χ3n) is 2.98.